The number of imidazole rings is 1. The van der Waals surface area contributed by atoms with Gasteiger partial charge in [0, 0.05) is 55.4 Å². The number of fused-ring (bicyclic) bond motifs is 3. The van der Waals surface area contributed by atoms with E-state index in [0.29, 0.717) is 18.0 Å². The zero-order chi connectivity index (χ0) is 18.4. The first-order valence-corrected chi connectivity index (χ1v) is 10.1. The molecule has 0 spiro atoms. The summed E-state index contributed by atoms with van der Waals surface area (Å²) in [6.07, 6.45) is 6.74. The minimum absolute atomic E-state index is 0.441. The summed E-state index contributed by atoms with van der Waals surface area (Å²) < 4.78 is 2.25. The van der Waals surface area contributed by atoms with Crippen LogP contribution in [0.1, 0.15) is 44.0 Å². The number of nitrogens with one attached hydrogen (secondary N) is 1. The van der Waals surface area contributed by atoms with Crippen molar-refractivity contribution in [2.24, 2.45) is 0 Å². The maximum atomic E-state index is 4.96. The van der Waals surface area contributed by atoms with Crippen LogP contribution in [0.15, 0.2) is 42.7 Å². The molecule has 2 bridgehead atoms. The molecule has 1 N–H and O–H groups in total. The molecule has 5 nitrogen and oxygen atoms in total. The van der Waals surface area contributed by atoms with Crippen LogP contribution in [0.2, 0.25) is 0 Å². The molecule has 0 aliphatic carbocycles. The molecule has 0 radical (unpaired) electrons. The van der Waals surface area contributed by atoms with E-state index in [1.165, 1.54) is 18.5 Å². The molecule has 0 aromatic carbocycles. The SMILES string of the molecule is CC(C)c1ccc(-c2nc3ccccn3c2CN2CC3CCC(C2)N3)cn1. The van der Waals surface area contributed by atoms with Crippen molar-refractivity contribution in [2.45, 2.75) is 51.2 Å². The summed E-state index contributed by atoms with van der Waals surface area (Å²) >= 11 is 0. The molecule has 27 heavy (non-hydrogen) atoms. The van der Waals surface area contributed by atoms with Crippen LogP contribution in [0.3, 0.4) is 0 Å². The van der Waals surface area contributed by atoms with Crippen LogP contribution in [0.5, 0.6) is 0 Å². The Bertz CT molecular complexity index is 931. The molecule has 2 saturated heterocycles. The lowest BCUT2D eigenvalue weighted by molar-refractivity contribution is 0.187. The fraction of sp³-hybridized carbons (Fsp3) is 0.455. The first kappa shape index (κ1) is 16.9. The molecule has 2 aliphatic heterocycles. The highest BCUT2D eigenvalue weighted by atomic mass is 15.2. The third-order valence-electron chi connectivity index (χ3n) is 5.95. The van der Waals surface area contributed by atoms with Crippen molar-refractivity contribution in [1.29, 1.82) is 0 Å². The van der Waals surface area contributed by atoms with Gasteiger partial charge < -0.3 is 9.72 Å². The molecule has 3 aromatic rings. The highest BCUT2D eigenvalue weighted by Crippen LogP contribution is 2.28. The number of pyridine rings is 2. The predicted octanol–water partition coefficient (Wildman–Crippen LogP) is 3.46. The van der Waals surface area contributed by atoms with E-state index < -0.39 is 0 Å². The Morgan fingerprint density at radius 1 is 1.11 bits per heavy atom. The summed E-state index contributed by atoms with van der Waals surface area (Å²) in [5.41, 5.74) is 5.58. The molecule has 0 amide bonds. The third-order valence-corrected chi connectivity index (χ3v) is 5.95. The number of hydrogen-bond acceptors (Lipinski definition) is 4. The van der Waals surface area contributed by atoms with Crippen LogP contribution in [0, 0.1) is 0 Å². The van der Waals surface area contributed by atoms with E-state index in [0.717, 1.165) is 42.2 Å². The zero-order valence-electron chi connectivity index (χ0n) is 16.1. The lowest BCUT2D eigenvalue weighted by Crippen LogP contribution is -2.50. The molecular weight excluding hydrogens is 334 g/mol. The maximum Gasteiger partial charge on any atom is 0.137 e. The van der Waals surface area contributed by atoms with Crippen molar-refractivity contribution in [3.8, 4) is 11.3 Å². The van der Waals surface area contributed by atoms with Gasteiger partial charge in [0.15, 0.2) is 0 Å². The van der Waals surface area contributed by atoms with Crippen LogP contribution in [0.4, 0.5) is 0 Å². The topological polar surface area (TPSA) is 45.5 Å². The normalized spacial score (nSPS) is 22.8. The lowest BCUT2D eigenvalue weighted by atomic mass is 10.1. The van der Waals surface area contributed by atoms with Crippen molar-refractivity contribution in [3.63, 3.8) is 0 Å². The second-order valence-corrected chi connectivity index (χ2v) is 8.29. The Morgan fingerprint density at radius 2 is 1.93 bits per heavy atom. The fourth-order valence-corrected chi connectivity index (χ4v) is 4.54. The molecule has 5 rings (SSSR count). The average molecular weight is 361 g/mol. The van der Waals surface area contributed by atoms with E-state index in [1.807, 2.05) is 6.20 Å². The molecule has 5 heteroatoms. The van der Waals surface area contributed by atoms with Crippen molar-refractivity contribution < 1.29 is 0 Å². The van der Waals surface area contributed by atoms with Crippen LogP contribution >= 0.6 is 0 Å². The van der Waals surface area contributed by atoms with Gasteiger partial charge in [-0.05, 0) is 43.0 Å². The van der Waals surface area contributed by atoms with Gasteiger partial charge in [-0.2, -0.15) is 0 Å². The molecule has 140 valence electrons. The standard InChI is InChI=1S/C22H27N5/c1-15(2)19-9-6-16(11-23-19)22-20(27-10-4-3-5-21(27)25-22)14-26-12-17-7-8-18(13-26)24-17/h3-6,9-11,15,17-18,24H,7-8,12-14H2,1-2H3. The van der Waals surface area contributed by atoms with Gasteiger partial charge in [-0.15, -0.1) is 0 Å². The smallest absolute Gasteiger partial charge is 0.137 e. The highest BCUT2D eigenvalue weighted by Gasteiger charge is 2.32. The van der Waals surface area contributed by atoms with E-state index in [1.54, 1.807) is 0 Å². The largest absolute Gasteiger partial charge is 0.309 e. The van der Waals surface area contributed by atoms with Crippen molar-refractivity contribution in [1.82, 2.24) is 24.6 Å². The minimum Gasteiger partial charge on any atom is -0.309 e. The maximum absolute atomic E-state index is 4.96. The van der Waals surface area contributed by atoms with E-state index in [9.17, 15) is 0 Å². The molecule has 2 fully saturated rings. The lowest BCUT2D eigenvalue weighted by Gasteiger charge is -2.32. The van der Waals surface area contributed by atoms with Gasteiger partial charge in [0.2, 0.25) is 0 Å². The predicted molar refractivity (Wildman–Crippen MR) is 108 cm³/mol. The zero-order valence-corrected chi connectivity index (χ0v) is 16.1. The van der Waals surface area contributed by atoms with Crippen molar-refractivity contribution >= 4 is 5.65 Å². The van der Waals surface area contributed by atoms with Gasteiger partial charge in [-0.1, -0.05) is 19.9 Å². The summed E-state index contributed by atoms with van der Waals surface area (Å²) in [5, 5.41) is 3.73. The van der Waals surface area contributed by atoms with Crippen LogP contribution in [0.25, 0.3) is 16.9 Å². The number of nitrogens with zero attached hydrogens (tertiary/aromatic N) is 4. The van der Waals surface area contributed by atoms with Crippen molar-refractivity contribution in [3.05, 3.63) is 54.1 Å². The fourth-order valence-electron chi connectivity index (χ4n) is 4.54. The van der Waals surface area contributed by atoms with Gasteiger partial charge in [-0.3, -0.25) is 9.88 Å². The van der Waals surface area contributed by atoms with E-state index in [2.05, 4.69) is 70.0 Å². The van der Waals surface area contributed by atoms with Gasteiger partial charge in [-0.25, -0.2) is 4.98 Å². The number of aromatic nitrogens is 3. The quantitative estimate of drug-likeness (QED) is 0.773. The summed E-state index contributed by atoms with van der Waals surface area (Å²) in [5.74, 6) is 0.441. The molecule has 2 aliphatic rings. The second kappa shape index (κ2) is 6.73. The van der Waals surface area contributed by atoms with Crippen LogP contribution in [-0.2, 0) is 6.54 Å². The summed E-state index contributed by atoms with van der Waals surface area (Å²) in [6, 6.07) is 11.8. The summed E-state index contributed by atoms with van der Waals surface area (Å²) in [4.78, 5) is 12.2. The molecule has 2 atom stereocenters. The van der Waals surface area contributed by atoms with Gasteiger partial charge in [0.1, 0.15) is 5.65 Å². The second-order valence-electron chi connectivity index (χ2n) is 8.29. The Morgan fingerprint density at radius 3 is 2.63 bits per heavy atom. The first-order chi connectivity index (χ1) is 13.2. The van der Waals surface area contributed by atoms with Gasteiger partial charge in [0.25, 0.3) is 0 Å². The summed E-state index contributed by atoms with van der Waals surface area (Å²) in [7, 11) is 0. The Hall–Kier alpha value is -2.24. The Balaban J connectivity index is 1.53. The molecular formula is C22H27N5. The van der Waals surface area contributed by atoms with E-state index >= 15 is 0 Å². The van der Waals surface area contributed by atoms with E-state index in [4.69, 9.17) is 4.98 Å². The van der Waals surface area contributed by atoms with Gasteiger partial charge >= 0.3 is 0 Å². The number of rotatable bonds is 4. The minimum atomic E-state index is 0.441. The first-order valence-electron chi connectivity index (χ1n) is 10.1. The number of hydrogen-bond donors (Lipinski definition) is 1. The Labute approximate surface area is 160 Å². The van der Waals surface area contributed by atoms with Crippen LogP contribution in [-0.4, -0.2) is 44.4 Å². The van der Waals surface area contributed by atoms with E-state index in [-0.39, 0.29) is 0 Å². The molecule has 2 unspecified atom stereocenters. The summed E-state index contributed by atoms with van der Waals surface area (Å²) in [6.45, 7) is 7.54. The van der Waals surface area contributed by atoms with Crippen molar-refractivity contribution in [2.75, 3.05) is 13.1 Å². The number of piperazine rings is 1. The number of likely N-dealkylation sites (tertiary alicyclic amines) is 1. The molecule has 5 heterocycles. The average Bonchev–Trinajstić information content (AvgIpc) is 3.22. The molecule has 0 saturated carbocycles. The van der Waals surface area contributed by atoms with Gasteiger partial charge in [0.05, 0.1) is 11.4 Å². The van der Waals surface area contributed by atoms with Crippen LogP contribution < -0.4 is 5.32 Å². The molecule has 3 aromatic heterocycles. The third kappa shape index (κ3) is 3.15. The Kier molecular flexibility index (Phi) is 4.21. The monoisotopic (exact) mass is 361 g/mol. The highest BCUT2D eigenvalue weighted by molar-refractivity contribution is 5.66.